The molecule has 2 nitrogen and oxygen atoms in total. The minimum atomic E-state index is -1.73. The first kappa shape index (κ1) is 20.6. The number of aliphatic hydroxyl groups excluding tert-OH is 1. The number of fused-ring (bicyclic) bond motifs is 5. The number of thioether (sulfide) groups is 2. The van der Waals surface area contributed by atoms with Crippen LogP contribution in [0.25, 0.3) is 0 Å². The highest BCUT2D eigenvalue weighted by atomic mass is 32.2. The Morgan fingerprint density at radius 3 is 2.79 bits per heavy atom. The molecule has 3 fully saturated rings. The van der Waals surface area contributed by atoms with Crippen LogP contribution in [0.5, 0.6) is 0 Å². The van der Waals surface area contributed by atoms with Crippen LogP contribution >= 0.6 is 23.5 Å². The quantitative estimate of drug-likeness (QED) is 0.526. The summed E-state index contributed by atoms with van der Waals surface area (Å²) < 4.78 is 16.9. The second-order valence-electron chi connectivity index (χ2n) is 9.25. The SMILES string of the molecule is C#CCS[C@@]1(SC)CC[C@H]2[C@@H]3CCC4=CC(=O)C=C[C@]4(C)[C@@]3(F)[C@@H](O)C[C@@]21C. The molecule has 5 heteroatoms. The Balaban J connectivity index is 1.78. The summed E-state index contributed by atoms with van der Waals surface area (Å²) in [4.78, 5) is 11.9. The summed E-state index contributed by atoms with van der Waals surface area (Å²) in [5.41, 5.74) is -1.96. The fraction of sp³-hybridized carbons (Fsp3) is 0.696. The Kier molecular flexibility index (Phi) is 4.89. The van der Waals surface area contributed by atoms with Crippen LogP contribution in [0.4, 0.5) is 4.39 Å². The van der Waals surface area contributed by atoms with Gasteiger partial charge in [0.25, 0.3) is 0 Å². The van der Waals surface area contributed by atoms with Gasteiger partial charge < -0.3 is 5.11 Å². The fourth-order valence-electron chi connectivity index (χ4n) is 6.95. The summed E-state index contributed by atoms with van der Waals surface area (Å²) in [6.45, 7) is 4.13. The van der Waals surface area contributed by atoms with Gasteiger partial charge in [-0.05, 0) is 68.8 Å². The Labute approximate surface area is 176 Å². The third kappa shape index (κ3) is 2.38. The minimum absolute atomic E-state index is 0.0717. The molecule has 0 aromatic heterocycles. The molecular weight excluding hydrogens is 391 g/mol. The monoisotopic (exact) mass is 420 g/mol. The molecule has 0 spiro atoms. The lowest BCUT2D eigenvalue weighted by molar-refractivity contribution is -0.189. The van der Waals surface area contributed by atoms with Crippen molar-refractivity contribution in [1.82, 2.24) is 0 Å². The number of ketones is 1. The molecule has 1 N–H and O–H groups in total. The molecule has 4 aliphatic carbocycles. The number of carbonyl (C=O) groups excluding carboxylic acids is 1. The first-order chi connectivity index (χ1) is 13.2. The number of alkyl halides is 1. The zero-order chi connectivity index (χ0) is 20.4. The van der Waals surface area contributed by atoms with E-state index in [4.69, 9.17) is 6.42 Å². The van der Waals surface area contributed by atoms with Gasteiger partial charge in [0.15, 0.2) is 11.5 Å². The molecule has 0 radical (unpaired) electrons. The average Bonchev–Trinajstić information content (AvgIpc) is 2.94. The highest BCUT2D eigenvalue weighted by molar-refractivity contribution is 8.18. The van der Waals surface area contributed by atoms with E-state index < -0.39 is 17.2 Å². The molecule has 0 aliphatic heterocycles. The molecular formula is C23H29FO2S2. The molecule has 0 saturated heterocycles. The van der Waals surface area contributed by atoms with Gasteiger partial charge in [-0.3, -0.25) is 4.79 Å². The summed E-state index contributed by atoms with van der Waals surface area (Å²) in [5, 5.41) is 11.3. The molecule has 7 atom stereocenters. The third-order valence-corrected chi connectivity index (χ3v) is 12.0. The number of hydrogen-bond acceptors (Lipinski definition) is 4. The van der Waals surface area contributed by atoms with Crippen molar-refractivity contribution in [2.24, 2.45) is 22.7 Å². The van der Waals surface area contributed by atoms with E-state index in [2.05, 4.69) is 19.1 Å². The molecule has 0 amide bonds. The van der Waals surface area contributed by atoms with E-state index in [9.17, 15) is 9.90 Å². The second kappa shape index (κ2) is 6.65. The predicted octanol–water partition coefficient (Wildman–Crippen LogP) is 4.78. The van der Waals surface area contributed by atoms with Crippen LogP contribution in [0, 0.1) is 35.0 Å². The van der Waals surface area contributed by atoms with Crippen molar-refractivity contribution in [3.05, 3.63) is 23.8 Å². The van der Waals surface area contributed by atoms with Gasteiger partial charge in [0.05, 0.1) is 15.9 Å². The largest absolute Gasteiger partial charge is 0.390 e. The van der Waals surface area contributed by atoms with Gasteiger partial charge in [-0.15, -0.1) is 29.9 Å². The van der Waals surface area contributed by atoms with Gasteiger partial charge in [-0.2, -0.15) is 0 Å². The van der Waals surface area contributed by atoms with Crippen LogP contribution in [0.2, 0.25) is 0 Å². The van der Waals surface area contributed by atoms with Gasteiger partial charge >= 0.3 is 0 Å². The number of halogens is 1. The molecule has 0 unspecified atom stereocenters. The second-order valence-corrected chi connectivity index (χ2v) is 11.9. The number of hydrogen-bond donors (Lipinski definition) is 1. The molecule has 4 rings (SSSR count). The fourth-order valence-corrected chi connectivity index (χ4v) is 9.76. The number of terminal acetylenes is 1. The van der Waals surface area contributed by atoms with Crippen LogP contribution in [-0.4, -0.2) is 38.8 Å². The number of rotatable bonds is 3. The summed E-state index contributed by atoms with van der Waals surface area (Å²) in [7, 11) is 0. The Bertz CT molecular complexity index is 801. The van der Waals surface area contributed by atoms with Crippen molar-refractivity contribution < 1.29 is 14.3 Å². The minimum Gasteiger partial charge on any atom is -0.390 e. The van der Waals surface area contributed by atoms with Crippen LogP contribution in [-0.2, 0) is 4.79 Å². The molecule has 4 aliphatic rings. The van der Waals surface area contributed by atoms with E-state index in [1.807, 2.05) is 18.7 Å². The first-order valence-electron chi connectivity index (χ1n) is 10.1. The molecule has 0 bridgehead atoms. The zero-order valence-electron chi connectivity index (χ0n) is 16.8. The highest BCUT2D eigenvalue weighted by Gasteiger charge is 2.72. The van der Waals surface area contributed by atoms with E-state index >= 15 is 4.39 Å². The van der Waals surface area contributed by atoms with E-state index in [1.54, 1.807) is 23.9 Å². The molecule has 0 aromatic rings. The predicted molar refractivity (Wildman–Crippen MR) is 116 cm³/mol. The smallest absolute Gasteiger partial charge is 0.178 e. The van der Waals surface area contributed by atoms with Crippen LogP contribution in [0.15, 0.2) is 23.8 Å². The lowest BCUT2D eigenvalue weighted by Crippen LogP contribution is -2.67. The normalized spacial score (nSPS) is 49.6. The summed E-state index contributed by atoms with van der Waals surface area (Å²) in [5.74, 6) is 3.33. The lowest BCUT2D eigenvalue weighted by atomic mass is 9.46. The van der Waals surface area contributed by atoms with Crippen molar-refractivity contribution in [3.63, 3.8) is 0 Å². The van der Waals surface area contributed by atoms with Crippen molar-refractivity contribution in [2.75, 3.05) is 12.0 Å². The van der Waals surface area contributed by atoms with Gasteiger partial charge in [-0.1, -0.05) is 24.5 Å². The van der Waals surface area contributed by atoms with E-state index in [0.717, 1.165) is 24.8 Å². The van der Waals surface area contributed by atoms with Gasteiger partial charge in [0.2, 0.25) is 0 Å². The molecule has 0 heterocycles. The molecule has 152 valence electrons. The number of carbonyl (C=O) groups is 1. The lowest BCUT2D eigenvalue weighted by Gasteiger charge is -2.63. The topological polar surface area (TPSA) is 37.3 Å². The summed E-state index contributed by atoms with van der Waals surface area (Å²) in [6, 6.07) is 0. The Hall–Kier alpha value is -0.700. The molecule has 3 saturated carbocycles. The maximum atomic E-state index is 17.0. The number of aliphatic hydroxyl groups is 1. The first-order valence-corrected chi connectivity index (χ1v) is 12.3. The van der Waals surface area contributed by atoms with Crippen molar-refractivity contribution >= 4 is 29.3 Å². The van der Waals surface area contributed by atoms with E-state index in [0.29, 0.717) is 18.6 Å². The van der Waals surface area contributed by atoms with Gasteiger partial charge in [-0.25, -0.2) is 4.39 Å². The van der Waals surface area contributed by atoms with Crippen molar-refractivity contribution in [1.29, 1.82) is 0 Å². The van der Waals surface area contributed by atoms with E-state index in [1.165, 1.54) is 6.08 Å². The third-order valence-electron chi connectivity index (χ3n) is 8.40. The zero-order valence-corrected chi connectivity index (χ0v) is 18.5. The standard InChI is InChI=1S/C23H29FO2S2/c1-5-12-28-22(27-4)11-9-17-18-7-6-15-13-16(25)8-10-20(15,2)23(18,24)19(26)14-21(17,22)3/h1,8,10,13,17-19,26H,6-7,9,11-12,14H2,2-4H3/t17-,18-,19-,20-,21-,22-,23-/m0/s1. The average molecular weight is 421 g/mol. The van der Waals surface area contributed by atoms with Crippen molar-refractivity contribution in [3.8, 4) is 12.3 Å². The van der Waals surface area contributed by atoms with Crippen molar-refractivity contribution in [2.45, 2.75) is 61.8 Å². The molecule has 28 heavy (non-hydrogen) atoms. The Morgan fingerprint density at radius 1 is 1.36 bits per heavy atom. The van der Waals surface area contributed by atoms with Gasteiger partial charge in [0, 0.05) is 11.3 Å². The Morgan fingerprint density at radius 2 is 2.11 bits per heavy atom. The van der Waals surface area contributed by atoms with Crippen LogP contribution < -0.4 is 0 Å². The highest BCUT2D eigenvalue weighted by Crippen LogP contribution is 2.73. The van der Waals surface area contributed by atoms with Crippen LogP contribution in [0.1, 0.15) is 46.0 Å². The van der Waals surface area contributed by atoms with Crippen LogP contribution in [0.3, 0.4) is 0 Å². The number of allylic oxidation sites excluding steroid dienone is 4. The molecule has 0 aromatic carbocycles. The summed E-state index contributed by atoms with van der Waals surface area (Å²) in [6.07, 6.45) is 15.3. The van der Waals surface area contributed by atoms with E-state index in [-0.39, 0.29) is 27.1 Å². The van der Waals surface area contributed by atoms with Gasteiger partial charge in [0.1, 0.15) is 0 Å². The summed E-state index contributed by atoms with van der Waals surface area (Å²) >= 11 is 3.63. The maximum absolute atomic E-state index is 17.0. The maximum Gasteiger partial charge on any atom is 0.178 e.